The number of carbonyl (C=O) groups is 3. The summed E-state index contributed by atoms with van der Waals surface area (Å²) in [4.78, 5) is 32.4. The van der Waals surface area contributed by atoms with E-state index < -0.39 is 11.9 Å². The van der Waals surface area contributed by atoms with E-state index in [0.29, 0.717) is 0 Å². The number of carbonyl (C=O) groups excluding carboxylic acids is 3. The molecular weight excluding hydrogens is 170 g/mol. The summed E-state index contributed by atoms with van der Waals surface area (Å²) in [5, 5.41) is 2.38. The third-order valence-electron chi connectivity index (χ3n) is 1.45. The number of rotatable bonds is 5. The predicted molar refractivity (Wildman–Crippen MR) is 48.1 cm³/mol. The van der Waals surface area contributed by atoms with Gasteiger partial charge in [0.1, 0.15) is 5.78 Å². The summed E-state index contributed by atoms with van der Waals surface area (Å²) in [7, 11) is 0. The standard InChI is InChI=1S/C9H13NO3/c1-4-9(13)10-7(3)8(12)5-6(2)11/h4,7H,1,5H2,2-3H3,(H,10,13). The van der Waals surface area contributed by atoms with Crippen LogP contribution in [-0.4, -0.2) is 23.5 Å². The molecule has 0 aromatic rings. The molecule has 13 heavy (non-hydrogen) atoms. The predicted octanol–water partition coefficient (Wildman–Crippen LogP) is 0.225. The topological polar surface area (TPSA) is 63.2 Å². The molecule has 0 saturated heterocycles. The summed E-state index contributed by atoms with van der Waals surface area (Å²) in [6, 6.07) is -0.630. The van der Waals surface area contributed by atoms with Crippen LogP contribution >= 0.6 is 0 Å². The maximum atomic E-state index is 11.1. The van der Waals surface area contributed by atoms with E-state index in [4.69, 9.17) is 0 Å². The highest BCUT2D eigenvalue weighted by Crippen LogP contribution is 1.92. The Hall–Kier alpha value is -1.45. The molecule has 1 N–H and O–H groups in total. The second-order valence-corrected chi connectivity index (χ2v) is 2.78. The van der Waals surface area contributed by atoms with Gasteiger partial charge in [0, 0.05) is 0 Å². The normalized spacial score (nSPS) is 11.5. The van der Waals surface area contributed by atoms with E-state index in [0.717, 1.165) is 6.08 Å². The molecule has 1 atom stereocenters. The monoisotopic (exact) mass is 183 g/mol. The summed E-state index contributed by atoms with van der Waals surface area (Å²) >= 11 is 0. The summed E-state index contributed by atoms with van der Waals surface area (Å²) in [5.74, 6) is -0.906. The minimum Gasteiger partial charge on any atom is -0.343 e. The van der Waals surface area contributed by atoms with Gasteiger partial charge in [-0.2, -0.15) is 0 Å². The molecule has 0 aliphatic carbocycles. The lowest BCUT2D eigenvalue weighted by molar-refractivity contribution is -0.129. The fourth-order valence-electron chi connectivity index (χ4n) is 0.751. The number of hydrogen-bond donors (Lipinski definition) is 1. The lowest BCUT2D eigenvalue weighted by Crippen LogP contribution is -2.38. The van der Waals surface area contributed by atoms with Crippen molar-refractivity contribution in [2.45, 2.75) is 26.3 Å². The molecule has 0 aromatic carbocycles. The van der Waals surface area contributed by atoms with Crippen LogP contribution in [0.5, 0.6) is 0 Å². The first-order valence-electron chi connectivity index (χ1n) is 3.92. The number of Topliss-reactive ketones (excluding diaryl/α,β-unsaturated/α-hetero) is 2. The Morgan fingerprint density at radius 2 is 2.00 bits per heavy atom. The van der Waals surface area contributed by atoms with Gasteiger partial charge in [-0.05, 0) is 19.9 Å². The van der Waals surface area contributed by atoms with Crippen molar-refractivity contribution in [3.05, 3.63) is 12.7 Å². The Labute approximate surface area is 77.0 Å². The number of nitrogens with one attached hydrogen (secondary N) is 1. The Morgan fingerprint density at radius 1 is 1.46 bits per heavy atom. The van der Waals surface area contributed by atoms with Crippen molar-refractivity contribution in [2.24, 2.45) is 0 Å². The second kappa shape index (κ2) is 5.24. The van der Waals surface area contributed by atoms with Crippen LogP contribution in [0, 0.1) is 0 Å². The van der Waals surface area contributed by atoms with E-state index in [1.807, 2.05) is 0 Å². The Kier molecular flexibility index (Phi) is 4.66. The molecule has 0 heterocycles. The number of hydrogen-bond acceptors (Lipinski definition) is 3. The third kappa shape index (κ3) is 4.90. The molecule has 0 aliphatic heterocycles. The van der Waals surface area contributed by atoms with Crippen LogP contribution in [0.2, 0.25) is 0 Å². The molecule has 72 valence electrons. The van der Waals surface area contributed by atoms with Crippen molar-refractivity contribution >= 4 is 17.5 Å². The van der Waals surface area contributed by atoms with Crippen molar-refractivity contribution in [1.29, 1.82) is 0 Å². The molecule has 4 nitrogen and oxygen atoms in total. The van der Waals surface area contributed by atoms with Gasteiger partial charge in [0.25, 0.3) is 0 Å². The summed E-state index contributed by atoms with van der Waals surface area (Å²) < 4.78 is 0. The van der Waals surface area contributed by atoms with Gasteiger partial charge in [-0.1, -0.05) is 6.58 Å². The fourth-order valence-corrected chi connectivity index (χ4v) is 0.751. The molecule has 0 bridgehead atoms. The van der Waals surface area contributed by atoms with Crippen molar-refractivity contribution in [2.75, 3.05) is 0 Å². The lowest BCUT2D eigenvalue weighted by atomic mass is 10.1. The fraction of sp³-hybridized carbons (Fsp3) is 0.444. The van der Waals surface area contributed by atoms with Gasteiger partial charge in [0.05, 0.1) is 12.5 Å². The minimum absolute atomic E-state index is 0.140. The Balaban J connectivity index is 4.03. The highest BCUT2D eigenvalue weighted by atomic mass is 16.2. The van der Waals surface area contributed by atoms with Crippen LogP contribution in [0.3, 0.4) is 0 Å². The van der Waals surface area contributed by atoms with Crippen LogP contribution in [0.4, 0.5) is 0 Å². The number of amides is 1. The second-order valence-electron chi connectivity index (χ2n) is 2.78. The maximum Gasteiger partial charge on any atom is 0.243 e. The van der Waals surface area contributed by atoms with Gasteiger partial charge in [-0.3, -0.25) is 14.4 Å². The van der Waals surface area contributed by atoms with Crippen molar-refractivity contribution in [1.82, 2.24) is 5.32 Å². The Bertz CT molecular complexity index is 245. The molecule has 0 saturated carbocycles. The summed E-state index contributed by atoms with van der Waals surface area (Å²) in [6.45, 7) is 6.11. The van der Waals surface area contributed by atoms with E-state index in [2.05, 4.69) is 11.9 Å². The van der Waals surface area contributed by atoms with Crippen LogP contribution in [0.15, 0.2) is 12.7 Å². The lowest BCUT2D eigenvalue weighted by Gasteiger charge is -2.09. The zero-order chi connectivity index (χ0) is 10.4. The van der Waals surface area contributed by atoms with Gasteiger partial charge in [-0.25, -0.2) is 0 Å². The zero-order valence-corrected chi connectivity index (χ0v) is 7.79. The Morgan fingerprint density at radius 3 is 2.38 bits per heavy atom. The SMILES string of the molecule is C=CC(=O)NC(C)C(=O)CC(C)=O. The van der Waals surface area contributed by atoms with Gasteiger partial charge >= 0.3 is 0 Å². The minimum atomic E-state index is -0.630. The highest BCUT2D eigenvalue weighted by molar-refractivity contribution is 6.02. The van der Waals surface area contributed by atoms with Gasteiger partial charge < -0.3 is 5.32 Å². The number of ketones is 2. The third-order valence-corrected chi connectivity index (χ3v) is 1.45. The maximum absolute atomic E-state index is 11.1. The average Bonchev–Trinajstić information content (AvgIpc) is 2.02. The van der Waals surface area contributed by atoms with E-state index in [-0.39, 0.29) is 18.0 Å². The molecule has 0 fully saturated rings. The first-order valence-corrected chi connectivity index (χ1v) is 3.92. The van der Waals surface area contributed by atoms with Crippen LogP contribution in [0.1, 0.15) is 20.3 Å². The molecule has 0 radical (unpaired) electrons. The summed E-state index contributed by atoms with van der Waals surface area (Å²) in [6.07, 6.45) is 0.941. The molecule has 0 aliphatic rings. The van der Waals surface area contributed by atoms with Crippen LogP contribution in [-0.2, 0) is 14.4 Å². The molecular formula is C9H13NO3. The largest absolute Gasteiger partial charge is 0.343 e. The zero-order valence-electron chi connectivity index (χ0n) is 7.79. The first-order chi connectivity index (χ1) is 5.97. The molecule has 1 unspecified atom stereocenters. The van der Waals surface area contributed by atoms with Crippen molar-refractivity contribution < 1.29 is 14.4 Å². The van der Waals surface area contributed by atoms with Gasteiger partial charge in [0.15, 0.2) is 5.78 Å². The molecule has 4 heteroatoms. The van der Waals surface area contributed by atoms with Crippen LogP contribution < -0.4 is 5.32 Å². The average molecular weight is 183 g/mol. The molecule has 0 rings (SSSR count). The molecule has 0 spiro atoms. The first kappa shape index (κ1) is 11.6. The van der Waals surface area contributed by atoms with E-state index in [1.165, 1.54) is 13.8 Å². The van der Waals surface area contributed by atoms with E-state index >= 15 is 0 Å². The van der Waals surface area contributed by atoms with Crippen LogP contribution in [0.25, 0.3) is 0 Å². The van der Waals surface area contributed by atoms with Crippen molar-refractivity contribution in [3.63, 3.8) is 0 Å². The summed E-state index contributed by atoms with van der Waals surface area (Å²) in [5.41, 5.74) is 0. The molecule has 1 amide bonds. The quantitative estimate of drug-likeness (QED) is 0.490. The van der Waals surface area contributed by atoms with E-state index in [9.17, 15) is 14.4 Å². The van der Waals surface area contributed by atoms with Gasteiger partial charge in [0.2, 0.25) is 5.91 Å². The smallest absolute Gasteiger partial charge is 0.243 e. The van der Waals surface area contributed by atoms with Gasteiger partial charge in [-0.15, -0.1) is 0 Å². The highest BCUT2D eigenvalue weighted by Gasteiger charge is 2.15. The molecule has 0 aromatic heterocycles. The van der Waals surface area contributed by atoms with Crippen molar-refractivity contribution in [3.8, 4) is 0 Å². The van der Waals surface area contributed by atoms with E-state index in [1.54, 1.807) is 0 Å².